The van der Waals surface area contributed by atoms with E-state index in [4.69, 9.17) is 0 Å². The summed E-state index contributed by atoms with van der Waals surface area (Å²) < 4.78 is 0. The summed E-state index contributed by atoms with van der Waals surface area (Å²) in [5.74, 6) is -0.603. The number of nitrogens with one attached hydrogen (secondary N) is 2. The fourth-order valence-corrected chi connectivity index (χ4v) is 3.02. The Morgan fingerprint density at radius 2 is 1.55 bits per heavy atom. The van der Waals surface area contributed by atoms with Gasteiger partial charge in [0.2, 0.25) is 5.91 Å². The van der Waals surface area contributed by atoms with Crippen molar-refractivity contribution in [2.45, 2.75) is 12.0 Å². The first-order chi connectivity index (χ1) is 9.75. The van der Waals surface area contributed by atoms with Crippen molar-refractivity contribution >= 4 is 23.1 Å². The van der Waals surface area contributed by atoms with Gasteiger partial charge in [0.1, 0.15) is 6.04 Å². The molecule has 0 aliphatic carbocycles. The normalized spacial score (nSPS) is 23.0. The fraction of sp³-hybridized carbons (Fsp3) is 0.125. The van der Waals surface area contributed by atoms with Crippen molar-refractivity contribution in [2.24, 2.45) is 0 Å². The Kier molecular flexibility index (Phi) is 2.21. The highest BCUT2D eigenvalue weighted by Crippen LogP contribution is 2.39. The number of carbonyl (C=O) groups excluding carboxylic acids is 2. The maximum Gasteiger partial charge on any atom is 0.234 e. The molecule has 4 heteroatoms. The molecule has 98 valence electrons. The van der Waals surface area contributed by atoms with Crippen LogP contribution in [0.3, 0.4) is 0 Å². The predicted molar refractivity (Wildman–Crippen MR) is 76.0 cm³/mol. The third kappa shape index (κ3) is 1.42. The third-order valence-corrected chi connectivity index (χ3v) is 3.96. The molecule has 2 aliphatic heterocycles. The van der Waals surface area contributed by atoms with Crippen LogP contribution >= 0.6 is 0 Å². The van der Waals surface area contributed by atoms with E-state index in [0.29, 0.717) is 5.56 Å². The number of rotatable bonds is 1. The summed E-state index contributed by atoms with van der Waals surface area (Å²) >= 11 is 0. The zero-order valence-electron chi connectivity index (χ0n) is 10.6. The zero-order chi connectivity index (χ0) is 13.7. The first-order valence-corrected chi connectivity index (χ1v) is 6.55. The van der Waals surface area contributed by atoms with Crippen molar-refractivity contribution in [3.8, 4) is 0 Å². The van der Waals surface area contributed by atoms with E-state index in [-0.39, 0.29) is 11.7 Å². The van der Waals surface area contributed by atoms with E-state index in [2.05, 4.69) is 10.6 Å². The van der Waals surface area contributed by atoms with Gasteiger partial charge in [0.05, 0.1) is 5.92 Å². The van der Waals surface area contributed by atoms with Crippen LogP contribution in [0.1, 0.15) is 21.8 Å². The summed E-state index contributed by atoms with van der Waals surface area (Å²) in [7, 11) is 0. The van der Waals surface area contributed by atoms with Gasteiger partial charge in [-0.1, -0.05) is 30.3 Å². The lowest BCUT2D eigenvalue weighted by molar-refractivity contribution is -0.117. The molecular formula is C16H12N2O2. The van der Waals surface area contributed by atoms with Crippen LogP contribution in [-0.4, -0.2) is 17.7 Å². The van der Waals surface area contributed by atoms with Crippen LogP contribution in [0.25, 0.3) is 0 Å². The number of anilines is 2. The summed E-state index contributed by atoms with van der Waals surface area (Å²) in [4.78, 5) is 24.7. The van der Waals surface area contributed by atoms with Crippen LogP contribution in [0.2, 0.25) is 0 Å². The van der Waals surface area contributed by atoms with Gasteiger partial charge in [0.25, 0.3) is 0 Å². The minimum absolute atomic E-state index is 0.0162. The topological polar surface area (TPSA) is 58.2 Å². The van der Waals surface area contributed by atoms with Crippen molar-refractivity contribution in [1.29, 1.82) is 0 Å². The smallest absolute Gasteiger partial charge is 0.234 e. The van der Waals surface area contributed by atoms with Gasteiger partial charge in [-0.15, -0.1) is 0 Å². The van der Waals surface area contributed by atoms with E-state index in [1.165, 1.54) is 0 Å². The number of Topliss-reactive ketones (excluding diaryl/α,β-unsaturated/α-hetero) is 1. The van der Waals surface area contributed by atoms with Crippen molar-refractivity contribution < 1.29 is 9.59 Å². The van der Waals surface area contributed by atoms with Gasteiger partial charge >= 0.3 is 0 Å². The SMILES string of the molecule is O=C1Nc2ccccc2[C@@H]1[C@H]1Nc2ccccc2C1=O. The van der Waals surface area contributed by atoms with Gasteiger partial charge in [0, 0.05) is 16.9 Å². The van der Waals surface area contributed by atoms with E-state index < -0.39 is 12.0 Å². The Morgan fingerprint density at radius 1 is 0.850 bits per heavy atom. The van der Waals surface area contributed by atoms with Crippen LogP contribution in [-0.2, 0) is 4.79 Å². The van der Waals surface area contributed by atoms with Gasteiger partial charge in [-0.2, -0.15) is 0 Å². The molecule has 2 atom stereocenters. The lowest BCUT2D eigenvalue weighted by atomic mass is 9.90. The lowest BCUT2D eigenvalue weighted by Crippen LogP contribution is -2.34. The van der Waals surface area contributed by atoms with Crippen molar-refractivity contribution in [3.63, 3.8) is 0 Å². The molecule has 0 unspecified atom stereocenters. The molecule has 1 amide bonds. The average Bonchev–Trinajstić information content (AvgIpc) is 2.96. The van der Waals surface area contributed by atoms with E-state index >= 15 is 0 Å². The van der Waals surface area contributed by atoms with E-state index in [1.807, 2.05) is 42.5 Å². The Morgan fingerprint density at radius 3 is 2.35 bits per heavy atom. The van der Waals surface area contributed by atoms with E-state index in [0.717, 1.165) is 16.9 Å². The molecule has 20 heavy (non-hydrogen) atoms. The Balaban J connectivity index is 1.77. The molecule has 4 nitrogen and oxygen atoms in total. The number of hydrogen-bond donors (Lipinski definition) is 2. The number of fused-ring (bicyclic) bond motifs is 2. The molecule has 0 spiro atoms. The second-order valence-electron chi connectivity index (χ2n) is 5.09. The summed E-state index contributed by atoms with van der Waals surface area (Å²) in [6.45, 7) is 0. The molecule has 4 rings (SSSR count). The van der Waals surface area contributed by atoms with Crippen molar-refractivity contribution in [2.75, 3.05) is 10.6 Å². The summed E-state index contributed by atoms with van der Waals surface area (Å²) in [5.41, 5.74) is 3.15. The quantitative estimate of drug-likeness (QED) is 0.831. The number of hydrogen-bond acceptors (Lipinski definition) is 3. The number of amides is 1. The highest BCUT2D eigenvalue weighted by Gasteiger charge is 2.44. The number of benzene rings is 2. The maximum absolute atomic E-state index is 12.5. The second kappa shape index (κ2) is 3.93. The zero-order valence-corrected chi connectivity index (χ0v) is 10.6. The molecule has 0 fully saturated rings. The van der Waals surface area contributed by atoms with Gasteiger partial charge < -0.3 is 10.6 Å². The first-order valence-electron chi connectivity index (χ1n) is 6.55. The minimum Gasteiger partial charge on any atom is -0.373 e. The molecular weight excluding hydrogens is 252 g/mol. The monoisotopic (exact) mass is 264 g/mol. The number of ketones is 1. The Labute approximate surface area is 115 Å². The summed E-state index contributed by atoms with van der Waals surface area (Å²) in [5, 5.41) is 6.03. The van der Waals surface area contributed by atoms with Crippen LogP contribution in [0.5, 0.6) is 0 Å². The van der Waals surface area contributed by atoms with Gasteiger partial charge in [0.15, 0.2) is 5.78 Å². The minimum atomic E-state index is -0.518. The average molecular weight is 264 g/mol. The highest BCUT2D eigenvalue weighted by molar-refractivity contribution is 6.16. The van der Waals surface area contributed by atoms with Crippen LogP contribution < -0.4 is 10.6 Å². The molecule has 0 saturated heterocycles. The Bertz CT molecular complexity index is 739. The van der Waals surface area contributed by atoms with E-state index in [1.54, 1.807) is 6.07 Å². The van der Waals surface area contributed by atoms with E-state index in [9.17, 15) is 9.59 Å². The molecule has 0 bridgehead atoms. The number of para-hydroxylation sites is 2. The third-order valence-electron chi connectivity index (χ3n) is 3.96. The van der Waals surface area contributed by atoms with Gasteiger partial charge in [-0.25, -0.2) is 0 Å². The molecule has 0 saturated carbocycles. The summed E-state index contributed by atoms with van der Waals surface area (Å²) in [6, 6.07) is 14.4. The maximum atomic E-state index is 12.5. The van der Waals surface area contributed by atoms with Crippen LogP contribution in [0.15, 0.2) is 48.5 Å². The molecule has 0 radical (unpaired) electrons. The van der Waals surface area contributed by atoms with Gasteiger partial charge in [-0.3, -0.25) is 9.59 Å². The fourth-order valence-electron chi connectivity index (χ4n) is 3.02. The van der Waals surface area contributed by atoms with Gasteiger partial charge in [-0.05, 0) is 23.8 Å². The number of carbonyl (C=O) groups is 2. The van der Waals surface area contributed by atoms with Crippen LogP contribution in [0, 0.1) is 0 Å². The lowest BCUT2D eigenvalue weighted by Gasteiger charge is -2.16. The molecule has 0 aromatic heterocycles. The predicted octanol–water partition coefficient (Wildman–Crippen LogP) is 2.40. The molecule has 2 aromatic rings. The molecule has 2 heterocycles. The van der Waals surface area contributed by atoms with Crippen LogP contribution in [0.4, 0.5) is 11.4 Å². The van der Waals surface area contributed by atoms with Crippen molar-refractivity contribution in [3.05, 3.63) is 59.7 Å². The second-order valence-corrected chi connectivity index (χ2v) is 5.09. The largest absolute Gasteiger partial charge is 0.373 e. The Hall–Kier alpha value is -2.62. The molecule has 2 aliphatic rings. The standard InChI is InChI=1S/C16H12N2O2/c19-15-10-6-2-4-8-12(10)17-14(15)13-9-5-1-3-7-11(9)18-16(13)20/h1-8,13-14,17H,(H,18,20)/t13-,14-/m1/s1. The summed E-state index contributed by atoms with van der Waals surface area (Å²) in [6.07, 6.45) is 0. The molecule has 2 N–H and O–H groups in total. The van der Waals surface area contributed by atoms with Crippen molar-refractivity contribution in [1.82, 2.24) is 0 Å². The highest BCUT2D eigenvalue weighted by atomic mass is 16.2. The first kappa shape index (κ1) is 11.2. The molecule has 2 aromatic carbocycles.